The van der Waals surface area contributed by atoms with Gasteiger partial charge in [0.1, 0.15) is 11.4 Å². The van der Waals surface area contributed by atoms with E-state index in [4.69, 9.17) is 4.74 Å². The Morgan fingerprint density at radius 1 is 1.26 bits per heavy atom. The third-order valence-electron chi connectivity index (χ3n) is 4.14. The molecule has 0 spiro atoms. The van der Waals surface area contributed by atoms with Gasteiger partial charge >= 0.3 is 12.5 Å². The Hall–Kier alpha value is -2.14. The molecule has 0 bridgehead atoms. The molecule has 11 heteroatoms. The van der Waals surface area contributed by atoms with Gasteiger partial charge in [0.25, 0.3) is 5.56 Å². The minimum Gasteiger partial charge on any atom is -0.444 e. The number of alkyl carbamates (subject to hydrolysis) is 1. The van der Waals surface area contributed by atoms with Crippen LogP contribution < -0.4 is 10.9 Å². The van der Waals surface area contributed by atoms with Gasteiger partial charge in [-0.1, -0.05) is 0 Å². The highest BCUT2D eigenvalue weighted by Gasteiger charge is 2.31. The lowest BCUT2D eigenvalue weighted by Crippen LogP contribution is -2.42. The molecule has 0 fully saturated rings. The Kier molecular flexibility index (Phi) is 8.09. The van der Waals surface area contributed by atoms with Crippen molar-refractivity contribution in [3.05, 3.63) is 45.0 Å². The second-order valence-corrected chi connectivity index (χ2v) is 8.76. The molecule has 31 heavy (non-hydrogen) atoms. The predicted molar refractivity (Wildman–Crippen MR) is 110 cm³/mol. The molecule has 0 saturated heterocycles. The first kappa shape index (κ1) is 25.1. The van der Waals surface area contributed by atoms with Crippen molar-refractivity contribution in [2.75, 3.05) is 6.61 Å². The van der Waals surface area contributed by atoms with E-state index in [9.17, 15) is 27.2 Å². The molecule has 0 aliphatic rings. The number of fused-ring (bicyclic) bond motifs is 1. The summed E-state index contributed by atoms with van der Waals surface area (Å²) in [6.07, 6.45) is -3.84. The summed E-state index contributed by atoms with van der Waals surface area (Å²) in [5.74, 6) is -0.576. The van der Waals surface area contributed by atoms with E-state index >= 15 is 0 Å². The maximum Gasteiger partial charge on any atom is 0.522 e. The summed E-state index contributed by atoms with van der Waals surface area (Å²) < 4.78 is 61.6. The number of halogens is 5. The highest BCUT2D eigenvalue weighted by atomic mass is 79.9. The second kappa shape index (κ2) is 9.99. The lowest BCUT2D eigenvalue weighted by atomic mass is 10.1. The zero-order chi connectivity index (χ0) is 23.4. The van der Waals surface area contributed by atoms with Crippen molar-refractivity contribution in [3.63, 3.8) is 0 Å². The first-order valence-electron chi connectivity index (χ1n) is 9.43. The number of aryl methyl sites for hydroxylation is 1. The molecule has 2 rings (SSSR count). The number of benzene rings is 1. The summed E-state index contributed by atoms with van der Waals surface area (Å²) in [7, 11) is 0. The lowest BCUT2D eigenvalue weighted by molar-refractivity contribution is -0.326. The van der Waals surface area contributed by atoms with Crippen LogP contribution in [0.15, 0.2) is 33.7 Å². The summed E-state index contributed by atoms with van der Waals surface area (Å²) in [6.45, 7) is 4.24. The maximum absolute atomic E-state index is 13.8. The predicted octanol–water partition coefficient (Wildman–Crippen LogP) is 5.11. The van der Waals surface area contributed by atoms with Gasteiger partial charge in [0, 0.05) is 12.7 Å². The zero-order valence-electron chi connectivity index (χ0n) is 17.2. The van der Waals surface area contributed by atoms with Gasteiger partial charge in [-0.25, -0.2) is 9.18 Å². The smallest absolute Gasteiger partial charge is 0.444 e. The molecule has 1 amide bonds. The van der Waals surface area contributed by atoms with E-state index in [0.29, 0.717) is 5.39 Å². The summed E-state index contributed by atoms with van der Waals surface area (Å²) in [4.78, 5) is 24.5. The van der Waals surface area contributed by atoms with Crippen molar-refractivity contribution in [2.45, 2.75) is 58.2 Å². The maximum atomic E-state index is 13.8. The number of nitrogens with zero attached hydrogens (tertiary/aromatic N) is 1. The van der Waals surface area contributed by atoms with Crippen LogP contribution in [-0.2, 0) is 16.0 Å². The first-order valence-corrected chi connectivity index (χ1v) is 10.2. The van der Waals surface area contributed by atoms with Crippen LogP contribution in [0.5, 0.6) is 0 Å². The number of rotatable bonds is 7. The van der Waals surface area contributed by atoms with Crippen LogP contribution in [0, 0.1) is 5.82 Å². The largest absolute Gasteiger partial charge is 0.522 e. The number of nitrogens with one attached hydrogen (secondary N) is 1. The molecule has 1 atom stereocenters. The number of pyridine rings is 1. The summed E-state index contributed by atoms with van der Waals surface area (Å²) in [5.41, 5.74) is -1.24. The molecule has 0 saturated carbocycles. The van der Waals surface area contributed by atoms with Crippen LogP contribution >= 0.6 is 15.9 Å². The van der Waals surface area contributed by atoms with E-state index in [0.717, 1.165) is 6.07 Å². The topological polar surface area (TPSA) is 69.6 Å². The highest BCUT2D eigenvalue weighted by molar-refractivity contribution is 9.10. The third kappa shape index (κ3) is 8.13. The van der Waals surface area contributed by atoms with Crippen LogP contribution in [0.25, 0.3) is 10.8 Å². The minimum atomic E-state index is -4.85. The fourth-order valence-corrected chi connectivity index (χ4v) is 3.19. The molecule has 1 aromatic heterocycles. The van der Waals surface area contributed by atoms with Crippen molar-refractivity contribution in [2.24, 2.45) is 0 Å². The van der Waals surface area contributed by atoms with Crippen molar-refractivity contribution >= 4 is 32.8 Å². The highest BCUT2D eigenvalue weighted by Crippen LogP contribution is 2.21. The molecule has 0 unspecified atom stereocenters. The van der Waals surface area contributed by atoms with Crippen LogP contribution in [0.3, 0.4) is 0 Å². The average Bonchev–Trinajstić information content (AvgIpc) is 2.61. The number of carbonyl (C=O) groups is 1. The van der Waals surface area contributed by atoms with Crippen LogP contribution in [0.1, 0.15) is 33.6 Å². The molecule has 1 N–H and O–H groups in total. The van der Waals surface area contributed by atoms with Gasteiger partial charge in [0.2, 0.25) is 0 Å². The van der Waals surface area contributed by atoms with Crippen molar-refractivity contribution in [1.82, 2.24) is 9.88 Å². The molecule has 6 nitrogen and oxygen atoms in total. The Labute approximate surface area is 184 Å². The number of amides is 1. The number of carbonyl (C=O) groups excluding carboxylic acids is 1. The van der Waals surface area contributed by atoms with Crippen LogP contribution in [0.4, 0.5) is 22.4 Å². The van der Waals surface area contributed by atoms with E-state index in [1.807, 2.05) is 0 Å². The molecular formula is C20H23BrF4N2O4. The monoisotopic (exact) mass is 510 g/mol. The van der Waals surface area contributed by atoms with Gasteiger partial charge in [-0.05, 0) is 73.1 Å². The number of aromatic nitrogens is 1. The van der Waals surface area contributed by atoms with Gasteiger partial charge in [0.05, 0.1) is 22.5 Å². The van der Waals surface area contributed by atoms with E-state index in [1.165, 1.54) is 16.8 Å². The van der Waals surface area contributed by atoms with Crippen molar-refractivity contribution in [1.29, 1.82) is 0 Å². The molecule has 2 aromatic rings. The zero-order valence-corrected chi connectivity index (χ0v) is 18.8. The Bertz CT molecular complexity index is 986. The molecule has 1 aromatic carbocycles. The molecule has 1 heterocycles. The van der Waals surface area contributed by atoms with Crippen LogP contribution in [0.2, 0.25) is 0 Å². The van der Waals surface area contributed by atoms with Gasteiger partial charge in [-0.15, -0.1) is 13.2 Å². The van der Waals surface area contributed by atoms with Gasteiger partial charge in [-0.2, -0.15) is 0 Å². The van der Waals surface area contributed by atoms with E-state index < -0.39 is 42.1 Å². The second-order valence-electron chi connectivity index (χ2n) is 7.91. The molecule has 172 valence electrons. The normalized spacial score (nSPS) is 13.3. The molecule has 0 aliphatic carbocycles. The van der Waals surface area contributed by atoms with Crippen molar-refractivity contribution < 1.29 is 31.8 Å². The first-order chi connectivity index (χ1) is 14.2. The fourth-order valence-electron chi connectivity index (χ4n) is 2.83. The Morgan fingerprint density at radius 2 is 1.94 bits per heavy atom. The quantitative estimate of drug-likeness (QED) is 0.525. The summed E-state index contributed by atoms with van der Waals surface area (Å²) >= 11 is 3.06. The average molecular weight is 511 g/mol. The molecule has 0 aliphatic heterocycles. The van der Waals surface area contributed by atoms with Gasteiger partial charge < -0.3 is 14.6 Å². The van der Waals surface area contributed by atoms with Gasteiger partial charge in [-0.3, -0.25) is 9.53 Å². The number of hydrogen-bond donors (Lipinski definition) is 1. The summed E-state index contributed by atoms with van der Waals surface area (Å²) in [5, 5.41) is 3.10. The molecule has 0 radical (unpaired) electrons. The number of ether oxygens (including phenoxy) is 2. The van der Waals surface area contributed by atoms with E-state index in [-0.39, 0.29) is 29.2 Å². The van der Waals surface area contributed by atoms with Crippen molar-refractivity contribution in [3.8, 4) is 0 Å². The van der Waals surface area contributed by atoms with Gasteiger partial charge in [0.15, 0.2) is 0 Å². The Morgan fingerprint density at radius 3 is 2.55 bits per heavy atom. The summed E-state index contributed by atoms with van der Waals surface area (Å²) in [6, 6.07) is 3.28. The standard InChI is InChI=1S/C20H23BrF4N2O4/c1-19(2,3)31-18(29)26-13(11-30-20(23,24)25)5-4-7-27-8-6-12-9-15(21)16(22)10-14(12)17(27)28/h6,8-10,13H,4-5,7,11H2,1-3H3,(H,26,29)/t13-/m1/s1. The Balaban J connectivity index is 2.06. The molecular weight excluding hydrogens is 488 g/mol. The van der Waals surface area contributed by atoms with Crippen LogP contribution in [-0.4, -0.2) is 35.3 Å². The van der Waals surface area contributed by atoms with E-state index in [2.05, 4.69) is 26.0 Å². The lowest BCUT2D eigenvalue weighted by Gasteiger charge is -2.24. The minimum absolute atomic E-state index is 0.0918. The third-order valence-corrected chi connectivity index (χ3v) is 4.75. The fraction of sp³-hybridized carbons (Fsp3) is 0.500. The van der Waals surface area contributed by atoms with E-state index in [1.54, 1.807) is 26.8 Å². The SMILES string of the molecule is CC(C)(C)OC(=O)N[C@H](CCCn1ccc2cc(Br)c(F)cc2c1=O)COC(F)(F)F. The number of alkyl halides is 3. The number of hydrogen-bond acceptors (Lipinski definition) is 4.